The molecule has 0 heterocycles. The summed E-state index contributed by atoms with van der Waals surface area (Å²) in [6, 6.07) is 3.37. The van der Waals surface area contributed by atoms with Crippen molar-refractivity contribution in [3.8, 4) is 11.5 Å². The number of rotatable bonds is 8. The number of hydrogen-bond donors (Lipinski definition) is 1. The second-order valence-electron chi connectivity index (χ2n) is 4.59. The molecule has 0 aromatic heterocycles. The van der Waals surface area contributed by atoms with Crippen molar-refractivity contribution in [1.82, 2.24) is 0 Å². The van der Waals surface area contributed by atoms with Gasteiger partial charge < -0.3 is 24.3 Å². The van der Waals surface area contributed by atoms with Crippen LogP contribution in [0.25, 0.3) is 0 Å². The maximum Gasteiger partial charge on any atom is 0.343 e. The molecule has 118 valence electrons. The second-order valence-corrected chi connectivity index (χ2v) is 4.59. The van der Waals surface area contributed by atoms with E-state index in [-0.39, 0.29) is 6.10 Å². The van der Waals surface area contributed by atoms with Gasteiger partial charge in [0.2, 0.25) is 0 Å². The van der Waals surface area contributed by atoms with E-state index in [9.17, 15) is 4.79 Å². The first-order valence-electron chi connectivity index (χ1n) is 6.73. The third-order valence-corrected chi connectivity index (χ3v) is 2.79. The zero-order chi connectivity index (χ0) is 15.8. The molecule has 1 rings (SSSR count). The smallest absolute Gasteiger partial charge is 0.343 e. The molecule has 0 aliphatic rings. The van der Waals surface area contributed by atoms with Crippen LogP contribution >= 0.6 is 0 Å². The fourth-order valence-electron chi connectivity index (χ4n) is 1.80. The number of benzene rings is 1. The van der Waals surface area contributed by atoms with Crippen LogP contribution in [0.15, 0.2) is 12.1 Å². The van der Waals surface area contributed by atoms with Gasteiger partial charge in [-0.1, -0.05) is 0 Å². The SMILES string of the molecule is COC(=O)c1c(NCCOC(C)C)cc(OC)cc1OC. The Morgan fingerprint density at radius 1 is 1.19 bits per heavy atom. The predicted octanol–water partition coefficient (Wildman–Crippen LogP) is 2.33. The number of anilines is 1. The lowest BCUT2D eigenvalue weighted by molar-refractivity contribution is 0.0597. The van der Waals surface area contributed by atoms with Crippen molar-refractivity contribution in [3.63, 3.8) is 0 Å². The van der Waals surface area contributed by atoms with Gasteiger partial charge in [-0.25, -0.2) is 4.79 Å². The lowest BCUT2D eigenvalue weighted by atomic mass is 10.1. The summed E-state index contributed by atoms with van der Waals surface area (Å²) in [5, 5.41) is 3.15. The van der Waals surface area contributed by atoms with Gasteiger partial charge in [0.05, 0.1) is 39.7 Å². The lowest BCUT2D eigenvalue weighted by Crippen LogP contribution is -2.16. The first-order valence-corrected chi connectivity index (χ1v) is 6.73. The highest BCUT2D eigenvalue weighted by Crippen LogP contribution is 2.32. The van der Waals surface area contributed by atoms with Gasteiger partial charge in [-0.05, 0) is 13.8 Å². The lowest BCUT2D eigenvalue weighted by Gasteiger charge is -2.16. The van der Waals surface area contributed by atoms with Crippen molar-refractivity contribution < 1.29 is 23.7 Å². The van der Waals surface area contributed by atoms with Gasteiger partial charge in [-0.15, -0.1) is 0 Å². The first kappa shape index (κ1) is 17.1. The van der Waals surface area contributed by atoms with Crippen LogP contribution in [0.2, 0.25) is 0 Å². The zero-order valence-corrected chi connectivity index (χ0v) is 13.2. The summed E-state index contributed by atoms with van der Waals surface area (Å²) in [4.78, 5) is 11.9. The topological polar surface area (TPSA) is 66.0 Å². The number of carbonyl (C=O) groups is 1. The van der Waals surface area contributed by atoms with E-state index in [1.807, 2.05) is 13.8 Å². The third-order valence-electron chi connectivity index (χ3n) is 2.79. The number of ether oxygens (including phenoxy) is 4. The highest BCUT2D eigenvalue weighted by molar-refractivity contribution is 5.99. The zero-order valence-electron chi connectivity index (χ0n) is 13.2. The Hall–Kier alpha value is -1.95. The molecule has 0 bridgehead atoms. The van der Waals surface area contributed by atoms with Gasteiger partial charge in [0.15, 0.2) is 0 Å². The Bertz CT molecular complexity index is 473. The van der Waals surface area contributed by atoms with Crippen molar-refractivity contribution in [2.24, 2.45) is 0 Å². The Balaban J connectivity index is 2.99. The van der Waals surface area contributed by atoms with Crippen molar-refractivity contribution in [3.05, 3.63) is 17.7 Å². The fourth-order valence-corrected chi connectivity index (χ4v) is 1.80. The average Bonchev–Trinajstić information content (AvgIpc) is 2.49. The van der Waals surface area contributed by atoms with Gasteiger partial charge >= 0.3 is 5.97 Å². The molecular weight excluding hydrogens is 274 g/mol. The number of hydrogen-bond acceptors (Lipinski definition) is 6. The minimum atomic E-state index is -0.471. The van der Waals surface area contributed by atoms with Crippen LogP contribution in [0.4, 0.5) is 5.69 Å². The largest absolute Gasteiger partial charge is 0.497 e. The van der Waals surface area contributed by atoms with Gasteiger partial charge in [0.1, 0.15) is 17.1 Å². The molecule has 21 heavy (non-hydrogen) atoms. The van der Waals surface area contributed by atoms with Crippen LogP contribution in [-0.2, 0) is 9.47 Å². The first-order chi connectivity index (χ1) is 10.0. The maximum atomic E-state index is 11.9. The fraction of sp³-hybridized carbons (Fsp3) is 0.533. The number of esters is 1. The van der Waals surface area contributed by atoms with E-state index in [0.29, 0.717) is 35.9 Å². The molecule has 0 saturated carbocycles. The molecule has 6 heteroatoms. The van der Waals surface area contributed by atoms with Gasteiger partial charge in [-0.3, -0.25) is 0 Å². The van der Waals surface area contributed by atoms with Crippen LogP contribution in [0.3, 0.4) is 0 Å². The van der Waals surface area contributed by atoms with Crippen molar-refractivity contribution in [1.29, 1.82) is 0 Å². The summed E-state index contributed by atoms with van der Waals surface area (Å²) in [5.74, 6) is 0.516. The van der Waals surface area contributed by atoms with Gasteiger partial charge in [0, 0.05) is 18.7 Å². The van der Waals surface area contributed by atoms with Crippen molar-refractivity contribution in [2.45, 2.75) is 20.0 Å². The minimum absolute atomic E-state index is 0.159. The van der Waals surface area contributed by atoms with Gasteiger partial charge in [-0.2, -0.15) is 0 Å². The Labute approximate surface area is 125 Å². The molecule has 0 aliphatic carbocycles. The number of nitrogens with one attached hydrogen (secondary N) is 1. The summed E-state index contributed by atoms with van der Waals surface area (Å²) in [6.07, 6.45) is 0.159. The van der Waals surface area contributed by atoms with Crippen LogP contribution in [0.5, 0.6) is 11.5 Å². The summed E-state index contributed by atoms with van der Waals surface area (Å²) in [5.41, 5.74) is 0.927. The third kappa shape index (κ3) is 4.82. The maximum absolute atomic E-state index is 11.9. The van der Waals surface area contributed by atoms with E-state index in [4.69, 9.17) is 18.9 Å². The standard InChI is InChI=1S/C15H23NO5/c1-10(2)21-7-6-16-12-8-11(18-3)9-13(19-4)14(12)15(17)20-5/h8-10,16H,6-7H2,1-5H3. The summed E-state index contributed by atoms with van der Waals surface area (Å²) >= 11 is 0. The van der Waals surface area contributed by atoms with E-state index in [0.717, 1.165) is 0 Å². The van der Waals surface area contributed by atoms with E-state index in [1.165, 1.54) is 14.2 Å². The molecule has 1 aromatic rings. The molecule has 0 aliphatic heterocycles. The molecule has 0 fully saturated rings. The normalized spacial score (nSPS) is 10.4. The Morgan fingerprint density at radius 3 is 2.43 bits per heavy atom. The van der Waals surface area contributed by atoms with Crippen LogP contribution < -0.4 is 14.8 Å². The summed E-state index contributed by atoms with van der Waals surface area (Å²) in [7, 11) is 4.38. The quantitative estimate of drug-likeness (QED) is 0.587. The van der Waals surface area contributed by atoms with E-state index >= 15 is 0 Å². The molecular formula is C15H23NO5. The monoisotopic (exact) mass is 297 g/mol. The second kappa shape index (κ2) is 8.36. The molecule has 0 spiro atoms. The van der Waals surface area contributed by atoms with Crippen molar-refractivity contribution in [2.75, 3.05) is 39.8 Å². The van der Waals surface area contributed by atoms with Crippen LogP contribution in [0.1, 0.15) is 24.2 Å². The highest BCUT2D eigenvalue weighted by Gasteiger charge is 2.20. The molecule has 6 nitrogen and oxygen atoms in total. The van der Waals surface area contributed by atoms with E-state index in [1.54, 1.807) is 19.2 Å². The van der Waals surface area contributed by atoms with E-state index < -0.39 is 5.97 Å². The van der Waals surface area contributed by atoms with Crippen LogP contribution in [0, 0.1) is 0 Å². The molecule has 0 radical (unpaired) electrons. The Morgan fingerprint density at radius 2 is 1.90 bits per heavy atom. The summed E-state index contributed by atoms with van der Waals surface area (Å²) in [6.45, 7) is 5.01. The Kier molecular flexibility index (Phi) is 6.81. The van der Waals surface area contributed by atoms with Gasteiger partial charge in [0.25, 0.3) is 0 Å². The molecule has 0 unspecified atom stereocenters. The molecule has 0 saturated heterocycles. The summed E-state index contributed by atoms with van der Waals surface area (Å²) < 4.78 is 20.7. The molecule has 1 N–H and O–H groups in total. The number of methoxy groups -OCH3 is 3. The number of carbonyl (C=O) groups excluding carboxylic acids is 1. The predicted molar refractivity (Wildman–Crippen MR) is 80.5 cm³/mol. The molecule has 0 amide bonds. The molecule has 0 atom stereocenters. The van der Waals surface area contributed by atoms with E-state index in [2.05, 4.69) is 5.32 Å². The van der Waals surface area contributed by atoms with Crippen molar-refractivity contribution >= 4 is 11.7 Å². The molecule has 1 aromatic carbocycles. The highest BCUT2D eigenvalue weighted by atomic mass is 16.5. The minimum Gasteiger partial charge on any atom is -0.497 e. The average molecular weight is 297 g/mol. The van der Waals surface area contributed by atoms with Crippen LogP contribution in [-0.4, -0.2) is 46.6 Å².